The van der Waals surface area contributed by atoms with E-state index in [0.717, 1.165) is 16.6 Å². The van der Waals surface area contributed by atoms with Crippen LogP contribution in [0.4, 0.5) is 20.2 Å². The highest BCUT2D eigenvalue weighted by Gasteiger charge is 2.56. The highest BCUT2D eigenvalue weighted by Crippen LogP contribution is 2.47. The van der Waals surface area contributed by atoms with Crippen molar-refractivity contribution in [3.63, 3.8) is 0 Å². The van der Waals surface area contributed by atoms with Gasteiger partial charge in [0.25, 0.3) is 6.43 Å². The summed E-state index contributed by atoms with van der Waals surface area (Å²) in [5.41, 5.74) is 10.4. The number of hydrogen-bond donors (Lipinski definition) is 4. The molecular formula is C30H32ClF2N9. The van der Waals surface area contributed by atoms with Crippen molar-refractivity contribution in [1.82, 2.24) is 30.5 Å². The number of pyridine rings is 1. The molecule has 2 aromatic heterocycles. The molecule has 3 heterocycles. The van der Waals surface area contributed by atoms with Crippen LogP contribution in [0.3, 0.4) is 0 Å². The van der Waals surface area contributed by atoms with Gasteiger partial charge in [0.2, 0.25) is 0 Å². The molecule has 0 bridgehead atoms. The molecule has 1 fully saturated rings. The zero-order valence-electron chi connectivity index (χ0n) is 23.8. The number of aryl methyl sites for hydroxylation is 1. The molecule has 9 nitrogen and oxygen atoms in total. The number of hydrazine groups is 2. The van der Waals surface area contributed by atoms with Crippen molar-refractivity contribution in [2.75, 3.05) is 17.2 Å². The molecular weight excluding hydrogens is 560 g/mol. The standard InChI is InChI=1S/C30H32ClF2N9/c1-29(2,3)15-36-24-17(12-34)13-35-25-20(24)10-18(11-21(25)31)38-26(19-6-5-7-22-27(19)41(4)16-37-22)23-14-42(40-39-23)30(8-9-30)28(32)33/h5-7,10-11,13-14,16,26,28,38-40H,8-9,15H2,1-4H3,(H,35,36)/t26-/m0/s1. The van der Waals surface area contributed by atoms with Gasteiger partial charge in [-0.2, -0.15) is 5.26 Å². The summed E-state index contributed by atoms with van der Waals surface area (Å²) in [5, 5.41) is 19.5. The summed E-state index contributed by atoms with van der Waals surface area (Å²) in [5.74, 6) is 0. The van der Waals surface area contributed by atoms with Gasteiger partial charge in [0.1, 0.15) is 11.6 Å². The Morgan fingerprint density at radius 3 is 2.69 bits per heavy atom. The van der Waals surface area contributed by atoms with Gasteiger partial charge in [-0.25, -0.2) is 13.8 Å². The molecule has 2 aromatic carbocycles. The molecule has 1 saturated carbocycles. The molecule has 0 saturated heterocycles. The molecule has 4 aromatic rings. The van der Waals surface area contributed by atoms with Gasteiger partial charge in [0, 0.05) is 42.6 Å². The zero-order valence-corrected chi connectivity index (χ0v) is 24.5. The van der Waals surface area contributed by atoms with E-state index in [1.54, 1.807) is 18.6 Å². The predicted molar refractivity (Wildman–Crippen MR) is 161 cm³/mol. The monoisotopic (exact) mass is 591 g/mol. The number of benzene rings is 2. The molecule has 12 heteroatoms. The second kappa shape index (κ2) is 10.3. The van der Waals surface area contributed by atoms with E-state index in [2.05, 4.69) is 58.4 Å². The highest BCUT2D eigenvalue weighted by atomic mass is 35.5. The van der Waals surface area contributed by atoms with Crippen LogP contribution in [-0.2, 0) is 7.05 Å². The van der Waals surface area contributed by atoms with Crippen molar-refractivity contribution in [1.29, 1.82) is 5.26 Å². The van der Waals surface area contributed by atoms with E-state index in [4.69, 9.17) is 11.6 Å². The third-order valence-corrected chi connectivity index (χ3v) is 8.07. The van der Waals surface area contributed by atoms with Gasteiger partial charge in [-0.1, -0.05) is 44.5 Å². The molecule has 1 aliphatic carbocycles. The lowest BCUT2D eigenvalue weighted by Crippen LogP contribution is -2.48. The number of alkyl halides is 2. The van der Waals surface area contributed by atoms with Crippen LogP contribution in [0.5, 0.6) is 0 Å². The van der Waals surface area contributed by atoms with Crippen LogP contribution in [0.15, 0.2) is 54.8 Å². The van der Waals surface area contributed by atoms with Crippen LogP contribution in [0, 0.1) is 16.7 Å². The molecule has 1 atom stereocenters. The number of nitrogens with one attached hydrogen (secondary N) is 4. The Labute approximate surface area is 247 Å². The minimum atomic E-state index is -2.49. The smallest absolute Gasteiger partial charge is 0.262 e. The number of nitriles is 1. The lowest BCUT2D eigenvalue weighted by molar-refractivity contribution is 0.00911. The van der Waals surface area contributed by atoms with Gasteiger partial charge in [0.15, 0.2) is 0 Å². The second-order valence-electron chi connectivity index (χ2n) is 12.2. The van der Waals surface area contributed by atoms with Crippen LogP contribution >= 0.6 is 11.6 Å². The number of hydrogen-bond acceptors (Lipinski definition) is 8. The first-order chi connectivity index (χ1) is 20.0. The Bertz CT molecular complexity index is 1750. The van der Waals surface area contributed by atoms with Crippen LogP contribution in [0.2, 0.25) is 5.02 Å². The fourth-order valence-electron chi connectivity index (χ4n) is 5.35. The predicted octanol–water partition coefficient (Wildman–Crippen LogP) is 6.22. The van der Waals surface area contributed by atoms with Crippen molar-refractivity contribution < 1.29 is 8.78 Å². The van der Waals surface area contributed by atoms with E-state index in [9.17, 15) is 14.0 Å². The summed E-state index contributed by atoms with van der Waals surface area (Å²) in [6, 6.07) is 11.3. The van der Waals surface area contributed by atoms with E-state index in [0.29, 0.717) is 57.9 Å². The number of aromatic nitrogens is 3. The summed E-state index contributed by atoms with van der Waals surface area (Å²) in [7, 11) is 1.92. The minimum absolute atomic E-state index is 0.0362. The van der Waals surface area contributed by atoms with E-state index in [1.165, 1.54) is 11.2 Å². The van der Waals surface area contributed by atoms with Crippen molar-refractivity contribution in [3.05, 3.63) is 70.9 Å². The molecule has 0 unspecified atom stereocenters. The molecule has 4 N–H and O–H groups in total. The Morgan fingerprint density at radius 2 is 2.00 bits per heavy atom. The van der Waals surface area contributed by atoms with Gasteiger partial charge >= 0.3 is 0 Å². The summed E-state index contributed by atoms with van der Waals surface area (Å²) in [4.78, 5) is 8.98. The fourth-order valence-corrected chi connectivity index (χ4v) is 5.61. The normalized spacial score (nSPS) is 16.8. The van der Waals surface area contributed by atoms with Gasteiger partial charge in [-0.15, -0.1) is 5.53 Å². The number of para-hydroxylation sites is 1. The number of fused-ring (bicyclic) bond motifs is 2. The van der Waals surface area contributed by atoms with Crippen LogP contribution in [-0.4, -0.2) is 38.1 Å². The number of rotatable bonds is 8. The Balaban J connectivity index is 1.46. The van der Waals surface area contributed by atoms with Gasteiger partial charge in [0.05, 0.1) is 50.9 Å². The SMILES string of the molecule is Cn1cnc2cccc([C@H](Nc3cc(Cl)c4ncc(C#N)c(NCC(C)(C)C)c4c3)C3=CN(C4(C(F)F)CC4)NN3)c21. The minimum Gasteiger partial charge on any atom is -0.383 e. The van der Waals surface area contributed by atoms with Gasteiger partial charge < -0.3 is 20.6 Å². The molecule has 1 aliphatic heterocycles. The lowest BCUT2D eigenvalue weighted by Gasteiger charge is -2.25. The maximum atomic E-state index is 14.0. The third kappa shape index (κ3) is 4.95. The first-order valence-electron chi connectivity index (χ1n) is 13.7. The largest absolute Gasteiger partial charge is 0.383 e. The summed E-state index contributed by atoms with van der Waals surface area (Å²) < 4.78 is 29.9. The number of nitrogens with zero attached hydrogens (tertiary/aromatic N) is 5. The fraction of sp³-hybridized carbons (Fsp3) is 0.367. The molecule has 218 valence electrons. The quantitative estimate of drug-likeness (QED) is 0.191. The van der Waals surface area contributed by atoms with Crippen molar-refractivity contribution in [2.45, 2.75) is 51.6 Å². The topological polar surface area (TPSA) is 106 Å². The van der Waals surface area contributed by atoms with E-state index in [-0.39, 0.29) is 5.41 Å². The Morgan fingerprint density at radius 1 is 1.21 bits per heavy atom. The number of halogens is 3. The van der Waals surface area contributed by atoms with E-state index >= 15 is 0 Å². The van der Waals surface area contributed by atoms with Crippen LogP contribution in [0.25, 0.3) is 21.9 Å². The highest BCUT2D eigenvalue weighted by molar-refractivity contribution is 6.35. The molecule has 0 amide bonds. The van der Waals surface area contributed by atoms with Crippen LogP contribution in [0.1, 0.15) is 50.8 Å². The Hall–Kier alpha value is -4.14. The summed E-state index contributed by atoms with van der Waals surface area (Å²) >= 11 is 6.78. The van der Waals surface area contributed by atoms with Crippen molar-refractivity contribution >= 4 is 44.9 Å². The molecule has 0 spiro atoms. The molecule has 6 rings (SSSR count). The van der Waals surface area contributed by atoms with Gasteiger partial charge in [-0.05, 0) is 36.5 Å². The average Bonchev–Trinajstić information content (AvgIpc) is 3.47. The third-order valence-electron chi connectivity index (χ3n) is 7.78. The Kier molecular flexibility index (Phi) is 6.86. The summed E-state index contributed by atoms with van der Waals surface area (Å²) in [6.45, 7) is 6.96. The number of imidazole rings is 1. The molecule has 0 radical (unpaired) electrons. The van der Waals surface area contributed by atoms with Crippen molar-refractivity contribution in [2.24, 2.45) is 12.5 Å². The summed E-state index contributed by atoms with van der Waals surface area (Å²) in [6.07, 6.45) is 3.30. The van der Waals surface area contributed by atoms with E-state index in [1.807, 2.05) is 35.9 Å². The van der Waals surface area contributed by atoms with E-state index < -0.39 is 18.0 Å². The van der Waals surface area contributed by atoms with Crippen molar-refractivity contribution in [3.8, 4) is 6.07 Å². The molecule has 2 aliphatic rings. The first kappa shape index (κ1) is 28.0. The average molecular weight is 592 g/mol. The maximum Gasteiger partial charge on any atom is 0.262 e. The van der Waals surface area contributed by atoms with Gasteiger partial charge in [-0.3, -0.25) is 9.99 Å². The zero-order chi connectivity index (χ0) is 29.8. The maximum absolute atomic E-state index is 14.0. The first-order valence-corrected chi connectivity index (χ1v) is 14.1. The molecule has 42 heavy (non-hydrogen) atoms. The van der Waals surface area contributed by atoms with Crippen LogP contribution < -0.4 is 21.6 Å². The number of anilines is 2. The lowest BCUT2D eigenvalue weighted by atomic mass is 9.96. The second-order valence-corrected chi connectivity index (χ2v) is 12.6.